The molecule has 3 aromatic carbocycles. The minimum absolute atomic E-state index is 0.0300. The molecule has 3 aromatic rings. The van der Waals surface area contributed by atoms with E-state index in [0.717, 1.165) is 29.7 Å². The largest absolute Gasteiger partial charge is 0.465 e. The number of esters is 1. The number of amides is 2. The molecule has 0 bridgehead atoms. The van der Waals surface area contributed by atoms with Gasteiger partial charge >= 0.3 is 5.97 Å². The maximum atomic E-state index is 13.1. The van der Waals surface area contributed by atoms with Crippen LogP contribution in [-0.4, -0.2) is 31.4 Å². The Kier molecular flexibility index (Phi) is 6.03. The minimum atomic E-state index is -0.428. The number of carbonyl (C=O) groups is 3. The van der Waals surface area contributed by atoms with Gasteiger partial charge in [0.15, 0.2) is 0 Å². The molecule has 0 fully saturated rings. The van der Waals surface area contributed by atoms with E-state index in [1.54, 1.807) is 35.2 Å². The summed E-state index contributed by atoms with van der Waals surface area (Å²) in [4.78, 5) is 39.2. The number of carbonyl (C=O) groups excluding carboxylic acids is 3. The van der Waals surface area contributed by atoms with Gasteiger partial charge in [-0.3, -0.25) is 9.59 Å². The van der Waals surface area contributed by atoms with Gasteiger partial charge in [-0.05, 0) is 79.9 Å². The van der Waals surface area contributed by atoms with E-state index in [4.69, 9.17) is 0 Å². The first-order valence-electron chi connectivity index (χ1n) is 10.5. The van der Waals surface area contributed by atoms with Crippen molar-refractivity contribution in [3.63, 3.8) is 0 Å². The van der Waals surface area contributed by atoms with Gasteiger partial charge in [0, 0.05) is 29.0 Å². The van der Waals surface area contributed by atoms with Crippen LogP contribution in [0.2, 0.25) is 0 Å². The smallest absolute Gasteiger partial charge is 0.337 e. The lowest BCUT2D eigenvalue weighted by atomic mass is 9.98. The van der Waals surface area contributed by atoms with Gasteiger partial charge in [-0.15, -0.1) is 0 Å². The molecular formula is C26H24N2O4. The van der Waals surface area contributed by atoms with Crippen LogP contribution < -0.4 is 10.2 Å². The molecule has 0 radical (unpaired) electrons. The highest BCUT2D eigenvalue weighted by Gasteiger charge is 2.24. The first-order valence-corrected chi connectivity index (χ1v) is 10.5. The van der Waals surface area contributed by atoms with Crippen LogP contribution in [0, 0.1) is 6.92 Å². The third-order valence-corrected chi connectivity index (χ3v) is 5.53. The predicted molar refractivity (Wildman–Crippen MR) is 123 cm³/mol. The molecule has 6 nitrogen and oxygen atoms in total. The Morgan fingerprint density at radius 2 is 1.66 bits per heavy atom. The third-order valence-electron chi connectivity index (χ3n) is 5.53. The van der Waals surface area contributed by atoms with Crippen molar-refractivity contribution in [3.8, 4) is 0 Å². The molecule has 0 saturated heterocycles. The number of aryl methyl sites for hydroxylation is 2. The van der Waals surface area contributed by atoms with E-state index in [9.17, 15) is 14.4 Å². The van der Waals surface area contributed by atoms with Crippen LogP contribution in [0.15, 0.2) is 66.7 Å². The SMILES string of the molecule is COC(=O)c1ccc(NC(=O)c2ccc3c(c2)CCCN3C(=O)c2cccc(C)c2)cc1. The van der Waals surface area contributed by atoms with E-state index in [1.165, 1.54) is 7.11 Å². The average Bonchev–Trinajstić information content (AvgIpc) is 2.82. The number of fused-ring (bicyclic) bond motifs is 1. The van der Waals surface area contributed by atoms with E-state index in [2.05, 4.69) is 10.1 Å². The maximum Gasteiger partial charge on any atom is 0.337 e. The zero-order chi connectivity index (χ0) is 22.7. The van der Waals surface area contributed by atoms with E-state index in [-0.39, 0.29) is 11.8 Å². The van der Waals surface area contributed by atoms with E-state index in [1.807, 2.05) is 43.3 Å². The minimum Gasteiger partial charge on any atom is -0.465 e. The highest BCUT2D eigenvalue weighted by Crippen LogP contribution is 2.30. The second kappa shape index (κ2) is 9.06. The zero-order valence-electron chi connectivity index (χ0n) is 18.1. The third kappa shape index (κ3) is 4.39. The molecule has 32 heavy (non-hydrogen) atoms. The summed E-state index contributed by atoms with van der Waals surface area (Å²) in [6, 6.07) is 19.5. The van der Waals surface area contributed by atoms with Crippen molar-refractivity contribution in [2.45, 2.75) is 19.8 Å². The van der Waals surface area contributed by atoms with Crippen molar-refractivity contribution in [2.24, 2.45) is 0 Å². The molecule has 1 heterocycles. The number of ether oxygens (including phenoxy) is 1. The van der Waals surface area contributed by atoms with Crippen molar-refractivity contribution in [1.82, 2.24) is 0 Å². The first-order chi connectivity index (χ1) is 15.5. The van der Waals surface area contributed by atoms with Gasteiger partial charge in [0.1, 0.15) is 0 Å². The molecule has 0 spiro atoms. The summed E-state index contributed by atoms with van der Waals surface area (Å²) in [6.07, 6.45) is 1.65. The summed E-state index contributed by atoms with van der Waals surface area (Å²) < 4.78 is 4.68. The molecule has 0 unspecified atom stereocenters. The standard InChI is InChI=1S/C26H24N2O4/c1-17-5-3-6-21(15-17)25(30)28-14-4-7-19-16-20(10-13-23(19)28)24(29)27-22-11-8-18(9-12-22)26(31)32-2/h3,5-6,8-13,15-16H,4,7,14H2,1-2H3,(H,27,29). The molecule has 1 aliphatic rings. The van der Waals surface area contributed by atoms with Crippen LogP contribution in [0.4, 0.5) is 11.4 Å². The summed E-state index contributed by atoms with van der Waals surface area (Å²) in [5.74, 6) is -0.708. The molecule has 4 rings (SSSR count). The monoisotopic (exact) mass is 428 g/mol. The molecule has 0 aliphatic carbocycles. The molecular weight excluding hydrogens is 404 g/mol. The van der Waals surface area contributed by atoms with E-state index < -0.39 is 5.97 Å². The Labute approximate surface area is 186 Å². The number of hydrogen-bond donors (Lipinski definition) is 1. The van der Waals surface area contributed by atoms with Crippen molar-refractivity contribution in [2.75, 3.05) is 23.9 Å². The number of benzene rings is 3. The predicted octanol–water partition coefficient (Wildman–Crippen LogP) is 4.63. The second-order valence-corrected chi connectivity index (χ2v) is 7.80. The Balaban J connectivity index is 1.52. The first kappa shape index (κ1) is 21.3. The van der Waals surface area contributed by atoms with E-state index in [0.29, 0.717) is 28.9 Å². The van der Waals surface area contributed by atoms with Crippen molar-refractivity contribution < 1.29 is 19.1 Å². The quantitative estimate of drug-likeness (QED) is 0.615. The molecule has 1 aliphatic heterocycles. The van der Waals surface area contributed by atoms with Gasteiger partial charge in [-0.25, -0.2) is 4.79 Å². The number of nitrogens with one attached hydrogen (secondary N) is 1. The van der Waals surface area contributed by atoms with Gasteiger partial charge in [0.05, 0.1) is 12.7 Å². The van der Waals surface area contributed by atoms with Gasteiger partial charge in [-0.2, -0.15) is 0 Å². The summed E-state index contributed by atoms with van der Waals surface area (Å²) in [7, 11) is 1.32. The second-order valence-electron chi connectivity index (χ2n) is 7.80. The van der Waals surface area contributed by atoms with Crippen LogP contribution in [-0.2, 0) is 11.2 Å². The lowest BCUT2D eigenvalue weighted by molar-refractivity contribution is 0.0600. The fourth-order valence-corrected chi connectivity index (χ4v) is 3.89. The number of nitrogens with zero attached hydrogens (tertiary/aromatic N) is 1. The van der Waals surface area contributed by atoms with E-state index >= 15 is 0 Å². The van der Waals surface area contributed by atoms with Crippen LogP contribution in [0.5, 0.6) is 0 Å². The Morgan fingerprint density at radius 3 is 2.38 bits per heavy atom. The summed E-state index contributed by atoms with van der Waals surface area (Å²) in [5, 5.41) is 2.84. The molecule has 0 aromatic heterocycles. The van der Waals surface area contributed by atoms with Crippen molar-refractivity contribution in [1.29, 1.82) is 0 Å². The Bertz CT molecular complexity index is 1180. The normalized spacial score (nSPS) is 12.6. The van der Waals surface area contributed by atoms with Gasteiger partial charge in [-0.1, -0.05) is 17.7 Å². The molecule has 0 saturated carbocycles. The van der Waals surface area contributed by atoms with Crippen molar-refractivity contribution in [3.05, 3.63) is 94.5 Å². The fraction of sp³-hybridized carbons (Fsp3) is 0.192. The van der Waals surface area contributed by atoms with Crippen LogP contribution in [0.25, 0.3) is 0 Å². The molecule has 2 amide bonds. The lowest BCUT2D eigenvalue weighted by Gasteiger charge is -2.30. The zero-order valence-corrected chi connectivity index (χ0v) is 18.1. The van der Waals surface area contributed by atoms with Gasteiger partial charge in [0.2, 0.25) is 0 Å². The number of hydrogen-bond acceptors (Lipinski definition) is 4. The molecule has 0 atom stereocenters. The maximum absolute atomic E-state index is 13.1. The van der Waals surface area contributed by atoms with Gasteiger partial charge in [0.25, 0.3) is 11.8 Å². The number of rotatable bonds is 4. The summed E-state index contributed by atoms with van der Waals surface area (Å²) in [5.41, 5.74) is 5.04. The van der Waals surface area contributed by atoms with Crippen LogP contribution in [0.1, 0.15) is 48.6 Å². The summed E-state index contributed by atoms with van der Waals surface area (Å²) >= 11 is 0. The lowest BCUT2D eigenvalue weighted by Crippen LogP contribution is -2.35. The molecule has 6 heteroatoms. The summed E-state index contributed by atoms with van der Waals surface area (Å²) in [6.45, 7) is 2.62. The highest BCUT2D eigenvalue weighted by atomic mass is 16.5. The Morgan fingerprint density at radius 1 is 0.906 bits per heavy atom. The molecule has 162 valence electrons. The van der Waals surface area contributed by atoms with Crippen LogP contribution in [0.3, 0.4) is 0 Å². The van der Waals surface area contributed by atoms with Crippen molar-refractivity contribution >= 4 is 29.2 Å². The Hall–Kier alpha value is -3.93. The number of methoxy groups -OCH3 is 1. The van der Waals surface area contributed by atoms with Gasteiger partial charge < -0.3 is 15.0 Å². The topological polar surface area (TPSA) is 75.7 Å². The molecule has 1 N–H and O–H groups in total. The fourth-order valence-electron chi connectivity index (χ4n) is 3.89. The van der Waals surface area contributed by atoms with Crippen LogP contribution >= 0.6 is 0 Å². The number of anilines is 2. The highest BCUT2D eigenvalue weighted by molar-refractivity contribution is 6.08. The average molecular weight is 428 g/mol.